The number of aromatic nitrogens is 4. The molecule has 26 heavy (non-hydrogen) atoms. The lowest BCUT2D eigenvalue weighted by atomic mass is 9.93. The Bertz CT molecular complexity index is 839. The quantitative estimate of drug-likeness (QED) is 0.763. The van der Waals surface area contributed by atoms with Crippen molar-refractivity contribution in [1.82, 2.24) is 24.8 Å². The Morgan fingerprint density at radius 3 is 2.77 bits per heavy atom. The predicted molar refractivity (Wildman–Crippen MR) is 94.7 cm³/mol. The Labute approximate surface area is 151 Å². The van der Waals surface area contributed by atoms with Crippen LogP contribution in [0.25, 0.3) is 0 Å². The molecule has 132 valence electrons. The first-order chi connectivity index (χ1) is 12.8. The van der Waals surface area contributed by atoms with Gasteiger partial charge in [0.25, 0.3) is 5.91 Å². The van der Waals surface area contributed by atoms with Crippen molar-refractivity contribution >= 4 is 5.91 Å². The summed E-state index contributed by atoms with van der Waals surface area (Å²) in [4.78, 5) is 29.9. The van der Waals surface area contributed by atoms with Gasteiger partial charge >= 0.3 is 0 Å². The fourth-order valence-corrected chi connectivity index (χ4v) is 3.32. The lowest BCUT2D eigenvalue weighted by Crippen LogP contribution is -2.29. The summed E-state index contributed by atoms with van der Waals surface area (Å²) in [5.74, 6) is 1.02. The number of hydrogen-bond acceptors (Lipinski definition) is 5. The van der Waals surface area contributed by atoms with Crippen LogP contribution < -0.4 is 4.74 Å². The molecule has 3 aromatic heterocycles. The third kappa shape index (κ3) is 3.42. The van der Waals surface area contributed by atoms with E-state index < -0.39 is 0 Å². The number of amides is 1. The molecule has 0 spiro atoms. The van der Waals surface area contributed by atoms with E-state index >= 15 is 0 Å². The van der Waals surface area contributed by atoms with E-state index in [0.717, 1.165) is 11.4 Å². The van der Waals surface area contributed by atoms with Crippen LogP contribution in [0.4, 0.5) is 0 Å². The monoisotopic (exact) mass is 349 g/mol. The van der Waals surface area contributed by atoms with Crippen LogP contribution >= 0.6 is 0 Å². The molecule has 7 nitrogen and oxygen atoms in total. The number of H-pyrrole nitrogens is 1. The van der Waals surface area contributed by atoms with Gasteiger partial charge in [0.05, 0.1) is 19.1 Å². The average molecular weight is 349 g/mol. The fourth-order valence-electron chi connectivity index (χ4n) is 3.32. The number of imidazole rings is 1. The molecule has 0 bridgehead atoms. The van der Waals surface area contributed by atoms with Gasteiger partial charge in [-0.15, -0.1) is 0 Å². The van der Waals surface area contributed by atoms with Crippen LogP contribution in [-0.4, -0.2) is 50.4 Å². The highest BCUT2D eigenvalue weighted by atomic mass is 16.5. The summed E-state index contributed by atoms with van der Waals surface area (Å²) in [5.41, 5.74) is 1.48. The van der Waals surface area contributed by atoms with Crippen molar-refractivity contribution in [2.24, 2.45) is 5.92 Å². The molecule has 1 fully saturated rings. The standard InChI is InChI=1S/C19H19N5O2/c25-19(18-9-21-13-23-18)24-10-14(12-26-15-4-7-20-8-5-15)16(11-24)17-3-1-2-6-22-17/h1-9,13-14,16H,10-12H2,(H,21,23)/t14-,16+/m0/s1. The van der Waals surface area contributed by atoms with Crippen LogP contribution in [0.15, 0.2) is 61.4 Å². The Kier molecular flexibility index (Phi) is 4.59. The minimum atomic E-state index is -0.0464. The number of hydrogen-bond donors (Lipinski definition) is 1. The molecular formula is C19H19N5O2. The first-order valence-electron chi connectivity index (χ1n) is 8.52. The van der Waals surface area contributed by atoms with E-state index in [2.05, 4.69) is 19.9 Å². The van der Waals surface area contributed by atoms with E-state index in [1.54, 1.807) is 24.8 Å². The fraction of sp³-hybridized carbons (Fsp3) is 0.263. The van der Waals surface area contributed by atoms with Crippen LogP contribution in [0.2, 0.25) is 0 Å². The Balaban J connectivity index is 1.52. The van der Waals surface area contributed by atoms with Crippen molar-refractivity contribution in [2.45, 2.75) is 5.92 Å². The second-order valence-electron chi connectivity index (χ2n) is 6.29. The van der Waals surface area contributed by atoms with Crippen molar-refractivity contribution in [3.63, 3.8) is 0 Å². The molecule has 4 rings (SSSR count). The number of carbonyl (C=O) groups is 1. The second kappa shape index (κ2) is 7.35. The molecule has 4 heterocycles. The molecule has 0 radical (unpaired) electrons. The van der Waals surface area contributed by atoms with Gasteiger partial charge in [-0.05, 0) is 24.3 Å². The minimum absolute atomic E-state index is 0.0464. The summed E-state index contributed by atoms with van der Waals surface area (Å²) in [7, 11) is 0. The summed E-state index contributed by atoms with van der Waals surface area (Å²) >= 11 is 0. The Morgan fingerprint density at radius 2 is 2.04 bits per heavy atom. The van der Waals surface area contributed by atoms with Crippen molar-refractivity contribution in [1.29, 1.82) is 0 Å². The normalized spacial score (nSPS) is 19.5. The predicted octanol–water partition coefficient (Wildman–Crippen LogP) is 2.13. The van der Waals surface area contributed by atoms with E-state index in [1.165, 1.54) is 6.33 Å². The number of ether oxygens (including phenoxy) is 1. The van der Waals surface area contributed by atoms with E-state index in [1.807, 2.05) is 35.2 Å². The first kappa shape index (κ1) is 16.3. The van der Waals surface area contributed by atoms with Crippen LogP contribution in [0.3, 0.4) is 0 Å². The largest absolute Gasteiger partial charge is 0.493 e. The van der Waals surface area contributed by atoms with Crippen molar-refractivity contribution in [3.8, 4) is 5.75 Å². The molecule has 7 heteroatoms. The zero-order valence-corrected chi connectivity index (χ0v) is 14.2. The molecule has 1 saturated heterocycles. The minimum Gasteiger partial charge on any atom is -0.493 e. The van der Waals surface area contributed by atoms with Gasteiger partial charge in [0, 0.05) is 49.2 Å². The van der Waals surface area contributed by atoms with Gasteiger partial charge < -0.3 is 14.6 Å². The molecule has 2 atom stereocenters. The van der Waals surface area contributed by atoms with E-state index in [4.69, 9.17) is 4.74 Å². The number of nitrogens with zero attached hydrogens (tertiary/aromatic N) is 4. The molecule has 3 aromatic rings. The Morgan fingerprint density at radius 1 is 1.15 bits per heavy atom. The summed E-state index contributed by atoms with van der Waals surface area (Å²) in [5, 5.41) is 0. The van der Waals surface area contributed by atoms with Crippen LogP contribution in [0, 0.1) is 5.92 Å². The highest BCUT2D eigenvalue weighted by Crippen LogP contribution is 2.32. The number of likely N-dealkylation sites (tertiary alicyclic amines) is 1. The second-order valence-corrected chi connectivity index (χ2v) is 6.29. The maximum Gasteiger partial charge on any atom is 0.271 e. The van der Waals surface area contributed by atoms with Gasteiger partial charge in [-0.2, -0.15) is 0 Å². The van der Waals surface area contributed by atoms with Crippen LogP contribution in [-0.2, 0) is 0 Å². The molecule has 1 N–H and O–H groups in total. The van der Waals surface area contributed by atoms with E-state index in [9.17, 15) is 4.79 Å². The van der Waals surface area contributed by atoms with Crippen LogP contribution in [0.1, 0.15) is 22.1 Å². The zero-order valence-electron chi connectivity index (χ0n) is 14.2. The zero-order chi connectivity index (χ0) is 17.8. The average Bonchev–Trinajstić information content (AvgIpc) is 3.37. The van der Waals surface area contributed by atoms with Gasteiger partial charge in [-0.3, -0.25) is 14.8 Å². The summed E-state index contributed by atoms with van der Waals surface area (Å²) in [6, 6.07) is 9.54. The Hall–Kier alpha value is -3.22. The molecule has 1 aliphatic heterocycles. The van der Waals surface area contributed by atoms with Crippen molar-refractivity contribution < 1.29 is 9.53 Å². The van der Waals surface area contributed by atoms with Gasteiger partial charge in [-0.1, -0.05) is 6.07 Å². The lowest BCUT2D eigenvalue weighted by Gasteiger charge is -2.18. The number of nitrogens with one attached hydrogen (secondary N) is 1. The first-order valence-corrected chi connectivity index (χ1v) is 8.52. The third-order valence-electron chi connectivity index (χ3n) is 4.64. The molecular weight excluding hydrogens is 330 g/mol. The number of carbonyl (C=O) groups excluding carboxylic acids is 1. The molecule has 0 aromatic carbocycles. The van der Waals surface area contributed by atoms with Crippen molar-refractivity contribution in [2.75, 3.05) is 19.7 Å². The van der Waals surface area contributed by atoms with Crippen molar-refractivity contribution in [3.05, 3.63) is 72.8 Å². The van der Waals surface area contributed by atoms with Crippen LogP contribution in [0.5, 0.6) is 5.75 Å². The maximum absolute atomic E-state index is 12.7. The van der Waals surface area contributed by atoms with Gasteiger partial charge in [0.15, 0.2) is 0 Å². The SMILES string of the molecule is O=C(c1cnc[nH]1)N1C[C@@H](COc2ccncc2)[C@H](c2ccccn2)C1. The number of pyridine rings is 2. The molecule has 0 saturated carbocycles. The highest BCUT2D eigenvalue weighted by Gasteiger charge is 2.38. The molecule has 0 unspecified atom stereocenters. The number of rotatable bonds is 5. The summed E-state index contributed by atoms with van der Waals surface area (Å²) in [6.45, 7) is 1.74. The summed E-state index contributed by atoms with van der Waals surface area (Å²) < 4.78 is 5.93. The summed E-state index contributed by atoms with van der Waals surface area (Å²) in [6.07, 6.45) is 8.26. The van der Waals surface area contributed by atoms with Gasteiger partial charge in [-0.25, -0.2) is 4.98 Å². The number of aromatic amines is 1. The molecule has 0 aliphatic carbocycles. The topological polar surface area (TPSA) is 84.0 Å². The molecule has 1 amide bonds. The smallest absolute Gasteiger partial charge is 0.271 e. The molecule has 1 aliphatic rings. The van der Waals surface area contributed by atoms with Gasteiger partial charge in [0.2, 0.25) is 0 Å². The lowest BCUT2D eigenvalue weighted by molar-refractivity contribution is 0.0777. The van der Waals surface area contributed by atoms with Gasteiger partial charge in [0.1, 0.15) is 11.4 Å². The highest BCUT2D eigenvalue weighted by molar-refractivity contribution is 5.92. The van der Waals surface area contributed by atoms with E-state index in [-0.39, 0.29) is 17.7 Å². The third-order valence-corrected chi connectivity index (χ3v) is 4.64. The van der Waals surface area contributed by atoms with E-state index in [0.29, 0.717) is 25.4 Å². The maximum atomic E-state index is 12.7.